The van der Waals surface area contributed by atoms with Crippen LogP contribution in [0.3, 0.4) is 0 Å². The van der Waals surface area contributed by atoms with Crippen LogP contribution in [0.2, 0.25) is 0 Å². The topological polar surface area (TPSA) is 134 Å². The lowest BCUT2D eigenvalue weighted by Gasteiger charge is -2.42. The number of aliphatic hydroxyl groups excluding tert-OH is 2. The van der Waals surface area contributed by atoms with Crippen LogP contribution in [-0.2, 0) is 9.53 Å². The Bertz CT molecular complexity index is 810. The highest BCUT2D eigenvalue weighted by molar-refractivity contribution is 6.01. The summed E-state index contributed by atoms with van der Waals surface area (Å²) in [6.45, 7) is 5.63. The molecule has 26 heavy (non-hydrogen) atoms. The third-order valence-corrected chi connectivity index (χ3v) is 4.90. The summed E-state index contributed by atoms with van der Waals surface area (Å²) in [6.07, 6.45) is -2.99. The van der Waals surface area contributed by atoms with E-state index in [-0.39, 0.29) is 33.8 Å². The molecule has 3 unspecified atom stereocenters. The van der Waals surface area contributed by atoms with Gasteiger partial charge in [0.25, 0.3) is 0 Å². The fourth-order valence-corrected chi connectivity index (χ4v) is 2.99. The molecular formula is C18H22O8. The first-order valence-electron chi connectivity index (χ1n) is 7.87. The Morgan fingerprint density at radius 1 is 1.23 bits per heavy atom. The van der Waals surface area contributed by atoms with Gasteiger partial charge in [-0.05, 0) is 39.3 Å². The van der Waals surface area contributed by atoms with Crippen molar-refractivity contribution in [2.45, 2.75) is 45.5 Å². The van der Waals surface area contributed by atoms with Crippen LogP contribution >= 0.6 is 0 Å². The van der Waals surface area contributed by atoms with Crippen molar-refractivity contribution in [1.82, 2.24) is 0 Å². The van der Waals surface area contributed by atoms with E-state index in [1.165, 1.54) is 40.9 Å². The minimum Gasteiger partial charge on any atom is -0.509 e. The summed E-state index contributed by atoms with van der Waals surface area (Å²) in [6, 6.07) is 1.29. The van der Waals surface area contributed by atoms with Gasteiger partial charge in [-0.2, -0.15) is 0 Å². The lowest BCUT2D eigenvalue weighted by molar-refractivity contribution is -0.165. The zero-order valence-electron chi connectivity index (χ0n) is 15.2. The van der Waals surface area contributed by atoms with Crippen molar-refractivity contribution < 1.29 is 39.5 Å². The number of phenolic OH excluding ortho intramolecular Hbond substituents is 1. The Labute approximate surface area is 150 Å². The highest BCUT2D eigenvalue weighted by Crippen LogP contribution is 2.39. The van der Waals surface area contributed by atoms with Gasteiger partial charge < -0.3 is 29.9 Å². The van der Waals surface area contributed by atoms with Crippen LogP contribution in [0.1, 0.15) is 35.3 Å². The van der Waals surface area contributed by atoms with Crippen molar-refractivity contribution in [2.24, 2.45) is 0 Å². The van der Waals surface area contributed by atoms with Crippen LogP contribution < -0.4 is 4.74 Å². The van der Waals surface area contributed by atoms with Gasteiger partial charge in [0.1, 0.15) is 34.5 Å². The molecule has 1 aromatic carbocycles. The van der Waals surface area contributed by atoms with E-state index in [0.29, 0.717) is 0 Å². The molecule has 0 saturated heterocycles. The third-order valence-electron chi connectivity index (χ3n) is 4.90. The van der Waals surface area contributed by atoms with E-state index in [9.17, 15) is 30.0 Å². The smallest absolute Gasteiger partial charge is 0.339 e. The number of Topliss-reactive ketones (excluding diaryl/α,β-unsaturated/α-hetero) is 1. The normalized spacial score (nSPS) is 26.2. The third kappa shape index (κ3) is 2.81. The van der Waals surface area contributed by atoms with Gasteiger partial charge in [0.15, 0.2) is 6.10 Å². The molecule has 0 aromatic heterocycles. The molecule has 0 heterocycles. The maximum absolute atomic E-state index is 12.7. The molecule has 8 heteroatoms. The maximum Gasteiger partial charge on any atom is 0.339 e. The number of ketones is 1. The Morgan fingerprint density at radius 3 is 2.31 bits per heavy atom. The SMILES string of the molecule is COC1(C)C(O)C(O)=C(C)C(=O)C1Oc1c(C)c(O)cc(C)c1C(=O)O. The van der Waals surface area contributed by atoms with Crippen LogP contribution in [0.15, 0.2) is 17.4 Å². The van der Waals surface area contributed by atoms with Crippen LogP contribution in [0, 0.1) is 13.8 Å². The van der Waals surface area contributed by atoms with Crippen LogP contribution in [-0.4, -0.2) is 57.1 Å². The zero-order valence-corrected chi connectivity index (χ0v) is 15.2. The first kappa shape index (κ1) is 19.7. The molecule has 8 nitrogen and oxygen atoms in total. The number of aromatic hydroxyl groups is 1. The summed E-state index contributed by atoms with van der Waals surface area (Å²) < 4.78 is 11.0. The number of carboxylic acid groups (broad SMARTS) is 1. The number of benzene rings is 1. The van der Waals surface area contributed by atoms with Crippen LogP contribution in [0.25, 0.3) is 0 Å². The molecule has 142 valence electrons. The van der Waals surface area contributed by atoms with Crippen molar-refractivity contribution in [2.75, 3.05) is 7.11 Å². The number of carboxylic acids is 1. The van der Waals surface area contributed by atoms with Gasteiger partial charge in [-0.15, -0.1) is 0 Å². The summed E-state index contributed by atoms with van der Waals surface area (Å²) in [5, 5.41) is 39.9. The molecule has 2 rings (SSSR count). The predicted octanol–water partition coefficient (Wildman–Crippen LogP) is 1.64. The minimum absolute atomic E-state index is 0.108. The molecule has 1 aliphatic carbocycles. The molecule has 0 radical (unpaired) electrons. The average molecular weight is 366 g/mol. The fourth-order valence-electron chi connectivity index (χ4n) is 2.99. The second-order valence-corrected chi connectivity index (χ2v) is 6.51. The summed E-state index contributed by atoms with van der Waals surface area (Å²) in [4.78, 5) is 24.3. The van der Waals surface area contributed by atoms with Crippen molar-refractivity contribution in [3.8, 4) is 11.5 Å². The fraction of sp³-hybridized carbons (Fsp3) is 0.444. The van der Waals surface area contributed by atoms with Gasteiger partial charge in [0.2, 0.25) is 5.78 Å². The molecule has 0 saturated carbocycles. The summed E-state index contributed by atoms with van der Waals surface area (Å²) in [5.41, 5.74) is -1.61. The molecule has 1 aliphatic rings. The van der Waals surface area contributed by atoms with E-state index in [1.807, 2.05) is 0 Å². The number of carbonyl (C=O) groups excluding carboxylic acids is 1. The van der Waals surface area contributed by atoms with E-state index in [1.54, 1.807) is 0 Å². The summed E-state index contributed by atoms with van der Waals surface area (Å²) >= 11 is 0. The Hall–Kier alpha value is -2.58. The number of phenols is 1. The average Bonchev–Trinajstić information content (AvgIpc) is 2.58. The standard InChI is InChI=1S/C18H22O8/c1-7-6-10(19)8(2)14(11(7)17(23)24)26-16-13(21)9(3)12(20)15(22)18(16,4)25-5/h6,15-16,19-20,22H,1-5H3,(H,23,24). The van der Waals surface area contributed by atoms with E-state index < -0.39 is 35.3 Å². The molecule has 0 amide bonds. The maximum atomic E-state index is 12.7. The molecular weight excluding hydrogens is 344 g/mol. The van der Waals surface area contributed by atoms with Crippen LogP contribution in [0.4, 0.5) is 0 Å². The first-order chi connectivity index (χ1) is 12.0. The monoisotopic (exact) mass is 366 g/mol. The largest absolute Gasteiger partial charge is 0.509 e. The number of methoxy groups -OCH3 is 1. The highest BCUT2D eigenvalue weighted by Gasteiger charge is 2.54. The molecule has 0 spiro atoms. The van der Waals surface area contributed by atoms with Crippen molar-refractivity contribution in [3.05, 3.63) is 34.1 Å². The second kappa shape index (κ2) is 6.62. The number of aromatic carboxylic acids is 1. The number of hydrogen-bond donors (Lipinski definition) is 4. The van der Waals surface area contributed by atoms with Gasteiger partial charge in [-0.1, -0.05) is 0 Å². The van der Waals surface area contributed by atoms with E-state index >= 15 is 0 Å². The predicted molar refractivity (Wildman–Crippen MR) is 90.7 cm³/mol. The van der Waals surface area contributed by atoms with Crippen molar-refractivity contribution >= 4 is 11.8 Å². The molecule has 0 aliphatic heterocycles. The van der Waals surface area contributed by atoms with E-state index in [2.05, 4.69) is 0 Å². The van der Waals surface area contributed by atoms with Gasteiger partial charge in [-0.3, -0.25) is 4.79 Å². The van der Waals surface area contributed by atoms with E-state index in [4.69, 9.17) is 9.47 Å². The quantitative estimate of drug-likeness (QED) is 0.632. The second-order valence-electron chi connectivity index (χ2n) is 6.51. The number of hydrogen-bond acceptors (Lipinski definition) is 7. The van der Waals surface area contributed by atoms with Gasteiger partial charge >= 0.3 is 5.97 Å². The van der Waals surface area contributed by atoms with Crippen LogP contribution in [0.5, 0.6) is 11.5 Å². The molecule has 1 aromatic rings. The number of aryl methyl sites for hydroxylation is 1. The Balaban J connectivity index is 2.67. The number of ether oxygens (including phenoxy) is 2. The zero-order chi connectivity index (χ0) is 20.0. The minimum atomic E-state index is -1.66. The number of aliphatic hydroxyl groups is 2. The number of carbonyl (C=O) groups is 2. The first-order valence-corrected chi connectivity index (χ1v) is 7.87. The molecule has 4 N–H and O–H groups in total. The highest BCUT2D eigenvalue weighted by atomic mass is 16.6. The van der Waals surface area contributed by atoms with E-state index in [0.717, 1.165) is 0 Å². The lowest BCUT2D eigenvalue weighted by atomic mass is 9.79. The Kier molecular flexibility index (Phi) is 5.03. The van der Waals surface area contributed by atoms with Gasteiger partial charge in [-0.25, -0.2) is 4.79 Å². The van der Waals surface area contributed by atoms with Crippen molar-refractivity contribution in [1.29, 1.82) is 0 Å². The van der Waals surface area contributed by atoms with Gasteiger partial charge in [0.05, 0.1) is 0 Å². The number of rotatable bonds is 4. The molecule has 0 fully saturated rings. The molecule has 3 atom stereocenters. The lowest BCUT2D eigenvalue weighted by Crippen LogP contribution is -2.61. The summed E-state index contributed by atoms with van der Waals surface area (Å²) in [7, 11) is 1.24. The van der Waals surface area contributed by atoms with Gasteiger partial charge in [0, 0.05) is 18.2 Å². The van der Waals surface area contributed by atoms with Crippen molar-refractivity contribution in [3.63, 3.8) is 0 Å². The summed E-state index contributed by atoms with van der Waals surface area (Å²) in [5.74, 6) is -2.87. The molecule has 0 bridgehead atoms. The Morgan fingerprint density at radius 2 is 1.81 bits per heavy atom.